The number of carboxylic acid groups (broad SMARTS) is 1. The molecule has 0 saturated carbocycles. The van der Waals surface area contributed by atoms with Crippen LogP contribution in [0, 0.1) is 5.82 Å². The van der Waals surface area contributed by atoms with Crippen LogP contribution in [0.5, 0.6) is 5.75 Å². The fourth-order valence-corrected chi connectivity index (χ4v) is 2.16. The number of methoxy groups -OCH3 is 1. The zero-order valence-electron chi connectivity index (χ0n) is 11.2. The molecule has 1 N–H and O–H groups in total. The smallest absolute Gasteiger partial charge is 0.303 e. The molecule has 4 nitrogen and oxygen atoms in total. The Morgan fingerprint density at radius 3 is 2.90 bits per heavy atom. The van der Waals surface area contributed by atoms with Gasteiger partial charge in [-0.15, -0.1) is 0 Å². The molecule has 2 rings (SSSR count). The van der Waals surface area contributed by atoms with E-state index in [0.29, 0.717) is 36.1 Å². The van der Waals surface area contributed by atoms with Crippen LogP contribution < -0.4 is 4.74 Å². The lowest BCUT2D eigenvalue weighted by Gasteiger charge is -2.09. The van der Waals surface area contributed by atoms with Gasteiger partial charge in [0, 0.05) is 11.8 Å². The summed E-state index contributed by atoms with van der Waals surface area (Å²) in [6.07, 6.45) is 2.96. The number of aliphatic carboxylic acids is 1. The van der Waals surface area contributed by atoms with Crippen LogP contribution in [0.1, 0.15) is 24.8 Å². The average molecular weight is 277 g/mol. The molecule has 0 saturated heterocycles. The Bertz CT molecular complexity index is 628. The summed E-state index contributed by atoms with van der Waals surface area (Å²) < 4.78 is 19.1. The van der Waals surface area contributed by atoms with Gasteiger partial charge in [-0.25, -0.2) is 4.39 Å². The second-order valence-corrected chi connectivity index (χ2v) is 4.57. The molecule has 0 aliphatic carbocycles. The molecule has 0 unspecified atom stereocenters. The summed E-state index contributed by atoms with van der Waals surface area (Å²) in [4.78, 5) is 14.5. The van der Waals surface area contributed by atoms with E-state index in [9.17, 15) is 9.18 Å². The van der Waals surface area contributed by atoms with Crippen LogP contribution in [-0.2, 0) is 11.2 Å². The maximum atomic E-state index is 13.9. The number of fused-ring (bicyclic) bond motifs is 1. The summed E-state index contributed by atoms with van der Waals surface area (Å²) in [5, 5.41) is 9.33. The predicted octanol–water partition coefficient (Wildman–Crippen LogP) is 3.18. The van der Waals surface area contributed by atoms with Gasteiger partial charge in [0.05, 0.1) is 18.8 Å². The van der Waals surface area contributed by atoms with Crippen LogP contribution in [0.25, 0.3) is 10.9 Å². The van der Waals surface area contributed by atoms with Gasteiger partial charge in [-0.05, 0) is 43.0 Å². The van der Waals surface area contributed by atoms with Crippen molar-refractivity contribution in [1.82, 2.24) is 4.98 Å². The molecule has 0 spiro atoms. The lowest BCUT2D eigenvalue weighted by Crippen LogP contribution is -1.98. The van der Waals surface area contributed by atoms with Gasteiger partial charge in [0.1, 0.15) is 11.6 Å². The summed E-state index contributed by atoms with van der Waals surface area (Å²) >= 11 is 0. The maximum absolute atomic E-state index is 13.9. The number of halogens is 1. The number of benzene rings is 1. The van der Waals surface area contributed by atoms with Crippen molar-refractivity contribution in [2.45, 2.75) is 25.7 Å². The number of aromatic nitrogens is 1. The zero-order chi connectivity index (χ0) is 14.5. The molecule has 0 amide bonds. The number of nitrogens with zero attached hydrogens (tertiary/aromatic N) is 1. The van der Waals surface area contributed by atoms with Crippen molar-refractivity contribution in [1.29, 1.82) is 0 Å². The molecule has 0 bridgehead atoms. The molecule has 0 fully saturated rings. The number of ether oxygens (including phenoxy) is 1. The minimum Gasteiger partial charge on any atom is -0.497 e. The summed E-state index contributed by atoms with van der Waals surface area (Å²) in [6, 6.07) is 5.33. The molecule has 5 heteroatoms. The summed E-state index contributed by atoms with van der Waals surface area (Å²) in [7, 11) is 1.56. The van der Waals surface area contributed by atoms with E-state index >= 15 is 0 Å². The Kier molecular flexibility index (Phi) is 4.50. The third-order valence-corrected chi connectivity index (χ3v) is 3.20. The SMILES string of the molecule is COc1ccc2ncc(F)c(CCCCC(=O)O)c2c1. The second-order valence-electron chi connectivity index (χ2n) is 4.57. The highest BCUT2D eigenvalue weighted by atomic mass is 19.1. The molecular weight excluding hydrogens is 261 g/mol. The lowest BCUT2D eigenvalue weighted by atomic mass is 10.0. The van der Waals surface area contributed by atoms with E-state index in [1.165, 1.54) is 6.20 Å². The number of pyridine rings is 1. The summed E-state index contributed by atoms with van der Waals surface area (Å²) in [5.74, 6) is -0.538. The molecule has 1 heterocycles. The first kappa shape index (κ1) is 14.2. The van der Waals surface area contributed by atoms with Crippen molar-refractivity contribution in [2.75, 3.05) is 7.11 Å². The first-order valence-corrected chi connectivity index (χ1v) is 6.44. The monoisotopic (exact) mass is 277 g/mol. The van der Waals surface area contributed by atoms with Gasteiger partial charge in [0.2, 0.25) is 0 Å². The molecular formula is C15H16FNO3. The van der Waals surface area contributed by atoms with Gasteiger partial charge in [-0.2, -0.15) is 0 Å². The number of carboxylic acids is 1. The van der Waals surface area contributed by atoms with E-state index < -0.39 is 5.97 Å². The van der Waals surface area contributed by atoms with Crippen LogP contribution >= 0.6 is 0 Å². The first-order valence-electron chi connectivity index (χ1n) is 6.44. The van der Waals surface area contributed by atoms with Crippen molar-refractivity contribution in [3.8, 4) is 5.75 Å². The summed E-state index contributed by atoms with van der Waals surface area (Å²) in [5.41, 5.74) is 1.28. The Morgan fingerprint density at radius 1 is 1.40 bits per heavy atom. The molecule has 0 atom stereocenters. The second kappa shape index (κ2) is 6.32. The van der Waals surface area contributed by atoms with Crippen LogP contribution in [0.2, 0.25) is 0 Å². The number of hydrogen-bond donors (Lipinski definition) is 1. The molecule has 0 aliphatic heterocycles. The highest BCUT2D eigenvalue weighted by molar-refractivity contribution is 5.83. The number of aryl methyl sites for hydroxylation is 1. The largest absolute Gasteiger partial charge is 0.497 e. The highest BCUT2D eigenvalue weighted by Gasteiger charge is 2.10. The third-order valence-electron chi connectivity index (χ3n) is 3.20. The van der Waals surface area contributed by atoms with Crippen LogP contribution in [-0.4, -0.2) is 23.2 Å². The number of carbonyl (C=O) groups is 1. The normalized spacial score (nSPS) is 10.7. The van der Waals surface area contributed by atoms with E-state index in [4.69, 9.17) is 9.84 Å². The first-order chi connectivity index (χ1) is 9.61. The summed E-state index contributed by atoms with van der Waals surface area (Å²) in [6.45, 7) is 0. The Balaban J connectivity index is 2.25. The van der Waals surface area contributed by atoms with E-state index in [1.807, 2.05) is 0 Å². The van der Waals surface area contributed by atoms with Gasteiger partial charge in [0.15, 0.2) is 0 Å². The van der Waals surface area contributed by atoms with Crippen LogP contribution in [0.15, 0.2) is 24.4 Å². The molecule has 2 aromatic rings. The molecule has 1 aromatic carbocycles. The standard InChI is InChI=1S/C15H16FNO3/c1-20-10-6-7-14-12(8-10)11(13(16)9-17-14)4-2-3-5-15(18)19/h6-9H,2-5H2,1H3,(H,18,19). The van der Waals surface area contributed by atoms with Crippen molar-refractivity contribution in [2.24, 2.45) is 0 Å². The maximum Gasteiger partial charge on any atom is 0.303 e. The highest BCUT2D eigenvalue weighted by Crippen LogP contribution is 2.25. The van der Waals surface area contributed by atoms with E-state index in [1.54, 1.807) is 25.3 Å². The fraction of sp³-hybridized carbons (Fsp3) is 0.333. The fourth-order valence-electron chi connectivity index (χ4n) is 2.16. The predicted molar refractivity (Wildman–Crippen MR) is 73.4 cm³/mol. The molecule has 0 aliphatic rings. The van der Waals surface area contributed by atoms with Crippen molar-refractivity contribution < 1.29 is 19.0 Å². The van der Waals surface area contributed by atoms with E-state index in [-0.39, 0.29) is 12.2 Å². The average Bonchev–Trinajstić information content (AvgIpc) is 2.44. The van der Waals surface area contributed by atoms with Gasteiger partial charge in [-0.3, -0.25) is 9.78 Å². The number of rotatable bonds is 6. The Hall–Kier alpha value is -2.17. The minimum atomic E-state index is -0.827. The van der Waals surface area contributed by atoms with E-state index in [0.717, 1.165) is 5.39 Å². The Labute approximate surface area is 116 Å². The topological polar surface area (TPSA) is 59.4 Å². The van der Waals surface area contributed by atoms with Crippen LogP contribution in [0.4, 0.5) is 4.39 Å². The van der Waals surface area contributed by atoms with Crippen LogP contribution in [0.3, 0.4) is 0 Å². The molecule has 1 aromatic heterocycles. The van der Waals surface area contributed by atoms with Gasteiger partial charge >= 0.3 is 5.97 Å². The third kappa shape index (κ3) is 3.23. The molecule has 0 radical (unpaired) electrons. The van der Waals surface area contributed by atoms with Crippen molar-refractivity contribution in [3.05, 3.63) is 35.8 Å². The lowest BCUT2D eigenvalue weighted by molar-refractivity contribution is -0.137. The quantitative estimate of drug-likeness (QED) is 0.824. The van der Waals surface area contributed by atoms with E-state index in [2.05, 4.69) is 4.98 Å². The van der Waals surface area contributed by atoms with Gasteiger partial charge in [-0.1, -0.05) is 0 Å². The van der Waals surface area contributed by atoms with Crippen molar-refractivity contribution >= 4 is 16.9 Å². The zero-order valence-corrected chi connectivity index (χ0v) is 11.2. The van der Waals surface area contributed by atoms with Gasteiger partial charge in [0.25, 0.3) is 0 Å². The van der Waals surface area contributed by atoms with Crippen molar-refractivity contribution in [3.63, 3.8) is 0 Å². The number of hydrogen-bond acceptors (Lipinski definition) is 3. The number of unbranched alkanes of at least 4 members (excludes halogenated alkanes) is 1. The van der Waals surface area contributed by atoms with Gasteiger partial charge < -0.3 is 9.84 Å². The molecule has 106 valence electrons. The minimum absolute atomic E-state index is 0.105. The molecule has 20 heavy (non-hydrogen) atoms. The Morgan fingerprint density at radius 2 is 2.20 bits per heavy atom.